The standard InChI is InChI=1S/C16H16N4O4/c17-16-18-10-7-20(6-5-9(10)14(21)19-16)15(22)13-8-23-11-3-1-2-4-12(11)24-13/h1-4,13H,5-8H2,(H3,17,18,19,21)/t13-/m1/s1. The highest BCUT2D eigenvalue weighted by Gasteiger charge is 2.33. The van der Waals surface area contributed by atoms with Crippen molar-refractivity contribution in [3.8, 4) is 11.5 Å². The number of nitrogens with two attached hydrogens (primary N) is 1. The van der Waals surface area contributed by atoms with E-state index in [-0.39, 0.29) is 30.6 Å². The molecule has 124 valence electrons. The van der Waals surface area contributed by atoms with E-state index in [4.69, 9.17) is 15.2 Å². The Labute approximate surface area is 137 Å². The van der Waals surface area contributed by atoms with Crippen molar-refractivity contribution in [1.29, 1.82) is 0 Å². The lowest BCUT2D eigenvalue weighted by molar-refractivity contribution is -0.142. The quantitative estimate of drug-likeness (QED) is 0.767. The van der Waals surface area contributed by atoms with Crippen molar-refractivity contribution >= 4 is 11.9 Å². The summed E-state index contributed by atoms with van der Waals surface area (Å²) in [5.74, 6) is 1.06. The van der Waals surface area contributed by atoms with Crippen molar-refractivity contribution in [2.45, 2.75) is 19.1 Å². The molecular formula is C16H16N4O4. The summed E-state index contributed by atoms with van der Waals surface area (Å²) in [6.45, 7) is 0.829. The number of nitrogen functional groups attached to an aromatic ring is 1. The number of hydrogen-bond donors (Lipinski definition) is 2. The number of aromatic amines is 1. The lowest BCUT2D eigenvalue weighted by atomic mass is 10.1. The van der Waals surface area contributed by atoms with Crippen molar-refractivity contribution < 1.29 is 14.3 Å². The van der Waals surface area contributed by atoms with Crippen LogP contribution in [-0.4, -0.2) is 40.0 Å². The molecule has 0 saturated heterocycles. The van der Waals surface area contributed by atoms with E-state index in [1.54, 1.807) is 17.0 Å². The molecule has 0 spiro atoms. The van der Waals surface area contributed by atoms with E-state index < -0.39 is 6.10 Å². The van der Waals surface area contributed by atoms with Crippen LogP contribution in [0.25, 0.3) is 0 Å². The second-order valence-electron chi connectivity index (χ2n) is 5.75. The summed E-state index contributed by atoms with van der Waals surface area (Å²) >= 11 is 0. The molecule has 2 aliphatic heterocycles. The minimum Gasteiger partial charge on any atom is -0.485 e. The van der Waals surface area contributed by atoms with E-state index >= 15 is 0 Å². The Kier molecular flexibility index (Phi) is 3.37. The van der Waals surface area contributed by atoms with Crippen molar-refractivity contribution in [3.05, 3.63) is 45.9 Å². The Balaban J connectivity index is 1.53. The molecule has 0 radical (unpaired) electrons. The van der Waals surface area contributed by atoms with Crippen molar-refractivity contribution in [1.82, 2.24) is 14.9 Å². The largest absolute Gasteiger partial charge is 0.485 e. The summed E-state index contributed by atoms with van der Waals surface area (Å²) < 4.78 is 11.3. The Morgan fingerprint density at radius 2 is 2.12 bits per heavy atom. The second-order valence-corrected chi connectivity index (χ2v) is 5.75. The van der Waals surface area contributed by atoms with Crippen LogP contribution in [0.5, 0.6) is 11.5 Å². The molecule has 0 unspecified atom stereocenters. The van der Waals surface area contributed by atoms with Gasteiger partial charge in [-0.2, -0.15) is 0 Å². The number of H-pyrrole nitrogens is 1. The zero-order valence-corrected chi connectivity index (χ0v) is 12.8. The van der Waals surface area contributed by atoms with Gasteiger partial charge in [0.15, 0.2) is 11.5 Å². The van der Waals surface area contributed by atoms with Gasteiger partial charge in [-0.1, -0.05) is 12.1 Å². The van der Waals surface area contributed by atoms with Gasteiger partial charge in [0.2, 0.25) is 12.1 Å². The lowest BCUT2D eigenvalue weighted by Crippen LogP contribution is -2.48. The summed E-state index contributed by atoms with van der Waals surface area (Å²) in [4.78, 5) is 32.8. The molecule has 3 heterocycles. The number of carbonyl (C=O) groups excluding carboxylic acids is 1. The van der Waals surface area contributed by atoms with Crippen LogP contribution in [0.3, 0.4) is 0 Å². The molecule has 1 aromatic heterocycles. The molecule has 8 heteroatoms. The van der Waals surface area contributed by atoms with Crippen LogP contribution in [0.4, 0.5) is 5.95 Å². The Morgan fingerprint density at radius 1 is 1.33 bits per heavy atom. The van der Waals surface area contributed by atoms with Crippen LogP contribution in [0.1, 0.15) is 11.3 Å². The fraction of sp³-hybridized carbons (Fsp3) is 0.312. The highest BCUT2D eigenvalue weighted by atomic mass is 16.6. The highest BCUT2D eigenvalue weighted by Crippen LogP contribution is 2.31. The zero-order valence-electron chi connectivity index (χ0n) is 12.8. The maximum atomic E-state index is 12.7. The number of carbonyl (C=O) groups is 1. The number of hydrogen-bond acceptors (Lipinski definition) is 6. The van der Waals surface area contributed by atoms with E-state index in [1.165, 1.54) is 0 Å². The molecule has 1 amide bonds. The topological polar surface area (TPSA) is 111 Å². The number of ether oxygens (including phenoxy) is 2. The third-order valence-electron chi connectivity index (χ3n) is 4.19. The number of fused-ring (bicyclic) bond motifs is 2. The van der Waals surface area contributed by atoms with Gasteiger partial charge in [0, 0.05) is 12.1 Å². The number of nitrogens with zero attached hydrogens (tertiary/aromatic N) is 2. The van der Waals surface area contributed by atoms with E-state index in [9.17, 15) is 9.59 Å². The van der Waals surface area contributed by atoms with Crippen LogP contribution in [0.15, 0.2) is 29.1 Å². The number of nitrogens with one attached hydrogen (secondary N) is 1. The molecule has 0 saturated carbocycles. The molecule has 0 bridgehead atoms. The first-order valence-electron chi connectivity index (χ1n) is 7.66. The summed E-state index contributed by atoms with van der Waals surface area (Å²) in [5.41, 5.74) is 6.46. The van der Waals surface area contributed by atoms with Crippen LogP contribution < -0.4 is 20.8 Å². The molecule has 8 nitrogen and oxygen atoms in total. The van der Waals surface area contributed by atoms with Gasteiger partial charge in [-0.25, -0.2) is 4.98 Å². The molecule has 24 heavy (non-hydrogen) atoms. The molecule has 1 atom stereocenters. The third-order valence-corrected chi connectivity index (χ3v) is 4.19. The summed E-state index contributed by atoms with van der Waals surface area (Å²) in [6.07, 6.45) is -0.269. The van der Waals surface area contributed by atoms with Gasteiger partial charge in [0.25, 0.3) is 11.5 Å². The number of rotatable bonds is 1. The van der Waals surface area contributed by atoms with Gasteiger partial charge in [-0.05, 0) is 18.6 Å². The average molecular weight is 328 g/mol. The van der Waals surface area contributed by atoms with E-state index in [0.717, 1.165) is 0 Å². The van der Waals surface area contributed by atoms with Gasteiger partial charge in [-0.3, -0.25) is 14.6 Å². The highest BCUT2D eigenvalue weighted by molar-refractivity contribution is 5.82. The monoisotopic (exact) mass is 328 g/mol. The molecule has 1 aromatic carbocycles. The fourth-order valence-electron chi connectivity index (χ4n) is 2.99. The molecule has 2 aromatic rings. The summed E-state index contributed by atoms with van der Waals surface area (Å²) in [5, 5.41) is 0. The van der Waals surface area contributed by atoms with Gasteiger partial charge in [0.05, 0.1) is 12.2 Å². The van der Waals surface area contributed by atoms with E-state index in [2.05, 4.69) is 9.97 Å². The number of aromatic nitrogens is 2. The van der Waals surface area contributed by atoms with Crippen molar-refractivity contribution in [2.75, 3.05) is 18.9 Å². The molecule has 4 rings (SSSR count). The summed E-state index contributed by atoms with van der Waals surface area (Å²) in [7, 11) is 0. The number of anilines is 1. The van der Waals surface area contributed by atoms with Gasteiger partial charge >= 0.3 is 0 Å². The van der Waals surface area contributed by atoms with Gasteiger partial charge in [0.1, 0.15) is 6.61 Å². The molecular weight excluding hydrogens is 312 g/mol. The second kappa shape index (κ2) is 5.55. The Morgan fingerprint density at radius 3 is 2.96 bits per heavy atom. The molecule has 0 fully saturated rings. The van der Waals surface area contributed by atoms with Gasteiger partial charge in [-0.15, -0.1) is 0 Å². The SMILES string of the molecule is Nc1nc2c(c(=O)[nH]1)CCN(C(=O)[C@H]1COc3ccccc3O1)C2. The molecule has 3 N–H and O–H groups in total. The maximum absolute atomic E-state index is 12.7. The Hall–Kier alpha value is -3.03. The first kappa shape index (κ1) is 14.6. The first-order valence-corrected chi connectivity index (χ1v) is 7.66. The van der Waals surface area contributed by atoms with E-state index in [0.29, 0.717) is 35.7 Å². The molecule has 0 aliphatic carbocycles. The van der Waals surface area contributed by atoms with Gasteiger partial charge < -0.3 is 20.1 Å². The number of para-hydroxylation sites is 2. The summed E-state index contributed by atoms with van der Waals surface area (Å²) in [6, 6.07) is 7.24. The number of amides is 1. The normalized spacial score (nSPS) is 18.8. The van der Waals surface area contributed by atoms with Crippen molar-refractivity contribution in [3.63, 3.8) is 0 Å². The predicted molar refractivity (Wildman–Crippen MR) is 84.7 cm³/mol. The van der Waals surface area contributed by atoms with Crippen LogP contribution >= 0.6 is 0 Å². The molecule has 2 aliphatic rings. The average Bonchev–Trinajstić information content (AvgIpc) is 2.60. The van der Waals surface area contributed by atoms with Crippen LogP contribution in [-0.2, 0) is 17.8 Å². The maximum Gasteiger partial charge on any atom is 0.267 e. The third kappa shape index (κ3) is 2.45. The Bertz CT molecular complexity index is 863. The van der Waals surface area contributed by atoms with Crippen LogP contribution in [0.2, 0.25) is 0 Å². The first-order chi connectivity index (χ1) is 11.6. The lowest BCUT2D eigenvalue weighted by Gasteiger charge is -2.32. The predicted octanol–water partition coefficient (Wildman–Crippen LogP) is 0.0768. The fourth-order valence-corrected chi connectivity index (χ4v) is 2.99. The number of benzene rings is 1. The zero-order chi connectivity index (χ0) is 16.7. The minimum absolute atomic E-state index is 0.0548. The van der Waals surface area contributed by atoms with E-state index in [1.807, 2.05) is 12.1 Å². The smallest absolute Gasteiger partial charge is 0.267 e. The van der Waals surface area contributed by atoms with Crippen molar-refractivity contribution in [2.24, 2.45) is 0 Å². The van der Waals surface area contributed by atoms with Crippen LogP contribution in [0, 0.1) is 0 Å². The minimum atomic E-state index is -0.708.